The number of nitrogens with two attached hydrogens (primary N) is 1. The molecule has 2 N–H and O–H groups in total. The smallest absolute Gasteiger partial charge is 0.149 e. The largest absolute Gasteiger partial charge is 0.301 e. The molecule has 1 atom stereocenters. The van der Waals surface area contributed by atoms with Crippen molar-refractivity contribution in [3.05, 3.63) is 40.9 Å². The van der Waals surface area contributed by atoms with Crippen LogP contribution < -0.4 is 5.73 Å². The first kappa shape index (κ1) is 13.7. The Morgan fingerprint density at radius 2 is 1.83 bits per heavy atom. The molecule has 0 bridgehead atoms. The van der Waals surface area contributed by atoms with Gasteiger partial charge >= 0.3 is 0 Å². The maximum absolute atomic E-state index is 5.99. The zero-order chi connectivity index (χ0) is 13.3. The molecule has 96 valence electrons. The van der Waals surface area contributed by atoms with Gasteiger partial charge in [0, 0.05) is 21.1 Å². The standard InChI is InChI=1S/C14H17ClN2S/c1-14(2,3)12-8-11(18-13(16)17-12)9-4-6-10(15)7-5-9/h4-8,13H,16H2,1-3H3. The summed E-state index contributed by atoms with van der Waals surface area (Å²) in [4.78, 5) is 5.65. The van der Waals surface area contributed by atoms with Crippen LogP contribution in [-0.4, -0.2) is 11.2 Å². The van der Waals surface area contributed by atoms with Crippen LogP contribution in [0.15, 0.2) is 35.3 Å². The molecule has 0 radical (unpaired) electrons. The minimum atomic E-state index is -0.227. The third kappa shape index (κ3) is 3.16. The fraction of sp³-hybridized carbons (Fsp3) is 0.357. The molecule has 1 aromatic carbocycles. The normalized spacial score (nSPS) is 20.4. The van der Waals surface area contributed by atoms with E-state index in [1.165, 1.54) is 0 Å². The molecule has 1 heterocycles. The maximum atomic E-state index is 5.99. The van der Waals surface area contributed by atoms with E-state index in [1.54, 1.807) is 11.8 Å². The van der Waals surface area contributed by atoms with Gasteiger partial charge < -0.3 is 5.73 Å². The van der Waals surface area contributed by atoms with Gasteiger partial charge in [-0.1, -0.05) is 56.3 Å². The van der Waals surface area contributed by atoms with Crippen molar-refractivity contribution in [3.8, 4) is 0 Å². The third-order valence-corrected chi connectivity index (χ3v) is 3.89. The van der Waals surface area contributed by atoms with Gasteiger partial charge in [0.2, 0.25) is 0 Å². The van der Waals surface area contributed by atoms with Crippen LogP contribution in [0.2, 0.25) is 5.02 Å². The lowest BCUT2D eigenvalue weighted by Gasteiger charge is -2.25. The Labute approximate surface area is 117 Å². The number of thioether (sulfide) groups is 1. The minimum absolute atomic E-state index is 0.0102. The average molecular weight is 281 g/mol. The van der Waals surface area contributed by atoms with Crippen LogP contribution >= 0.6 is 23.4 Å². The van der Waals surface area contributed by atoms with Gasteiger partial charge in [0.05, 0.1) is 0 Å². The van der Waals surface area contributed by atoms with Gasteiger partial charge in [-0.25, -0.2) is 0 Å². The molecule has 0 aromatic heterocycles. The summed E-state index contributed by atoms with van der Waals surface area (Å²) >= 11 is 7.48. The monoisotopic (exact) mass is 280 g/mol. The summed E-state index contributed by atoms with van der Waals surface area (Å²) < 4.78 is 0. The number of hydrogen-bond acceptors (Lipinski definition) is 3. The Bertz CT molecular complexity index is 498. The van der Waals surface area contributed by atoms with Crippen molar-refractivity contribution < 1.29 is 0 Å². The summed E-state index contributed by atoms with van der Waals surface area (Å²) in [6, 6.07) is 7.82. The lowest BCUT2D eigenvalue weighted by molar-refractivity contribution is 0.590. The number of aliphatic imine (C=N–C) groups is 1. The Kier molecular flexibility index (Phi) is 3.85. The Morgan fingerprint density at radius 1 is 1.22 bits per heavy atom. The van der Waals surface area contributed by atoms with Crippen LogP contribution in [0.3, 0.4) is 0 Å². The van der Waals surface area contributed by atoms with Crippen LogP contribution in [0, 0.1) is 5.41 Å². The lowest BCUT2D eigenvalue weighted by Crippen LogP contribution is -2.26. The zero-order valence-electron chi connectivity index (χ0n) is 10.8. The van der Waals surface area contributed by atoms with Crippen molar-refractivity contribution in [2.24, 2.45) is 16.1 Å². The summed E-state index contributed by atoms with van der Waals surface area (Å²) in [6.45, 7) is 6.43. The highest BCUT2D eigenvalue weighted by Gasteiger charge is 2.23. The van der Waals surface area contributed by atoms with Crippen molar-refractivity contribution in [1.29, 1.82) is 0 Å². The quantitative estimate of drug-likeness (QED) is 0.839. The number of benzene rings is 1. The van der Waals surface area contributed by atoms with Gasteiger partial charge in [-0.15, -0.1) is 0 Å². The van der Waals surface area contributed by atoms with Crippen molar-refractivity contribution >= 4 is 34.0 Å². The molecule has 0 amide bonds. The summed E-state index contributed by atoms with van der Waals surface area (Å²) in [5.41, 5.74) is 7.95. The van der Waals surface area contributed by atoms with Gasteiger partial charge in [-0.05, 0) is 23.8 Å². The molecule has 1 aliphatic heterocycles. The van der Waals surface area contributed by atoms with Gasteiger partial charge in [0.1, 0.15) is 5.50 Å². The number of hydrogen-bond donors (Lipinski definition) is 1. The molecule has 2 nitrogen and oxygen atoms in total. The highest BCUT2D eigenvalue weighted by molar-refractivity contribution is 8.08. The van der Waals surface area contributed by atoms with Crippen LogP contribution in [0.5, 0.6) is 0 Å². The van der Waals surface area contributed by atoms with Crippen molar-refractivity contribution in [1.82, 2.24) is 0 Å². The Hall–Kier alpha value is -0.770. The second-order valence-corrected chi connectivity index (χ2v) is 6.88. The van der Waals surface area contributed by atoms with E-state index in [-0.39, 0.29) is 10.9 Å². The molecule has 18 heavy (non-hydrogen) atoms. The number of nitrogens with zero attached hydrogens (tertiary/aromatic N) is 1. The van der Waals surface area contributed by atoms with Crippen LogP contribution in [0.1, 0.15) is 26.3 Å². The van der Waals surface area contributed by atoms with E-state index in [9.17, 15) is 0 Å². The molecule has 0 saturated heterocycles. The molecule has 1 aliphatic rings. The predicted molar refractivity (Wildman–Crippen MR) is 81.9 cm³/mol. The minimum Gasteiger partial charge on any atom is -0.301 e. The first-order valence-corrected chi connectivity index (χ1v) is 7.10. The average Bonchev–Trinajstić information content (AvgIpc) is 2.28. The summed E-state index contributed by atoms with van der Waals surface area (Å²) in [6.07, 6.45) is 2.12. The van der Waals surface area contributed by atoms with E-state index in [0.717, 1.165) is 21.2 Å². The van der Waals surface area contributed by atoms with E-state index in [1.807, 2.05) is 24.3 Å². The van der Waals surface area contributed by atoms with Gasteiger partial charge in [0.15, 0.2) is 0 Å². The molecule has 1 unspecified atom stereocenters. The second kappa shape index (κ2) is 5.08. The zero-order valence-corrected chi connectivity index (χ0v) is 12.3. The molecular weight excluding hydrogens is 264 g/mol. The van der Waals surface area contributed by atoms with E-state index in [2.05, 4.69) is 31.8 Å². The van der Waals surface area contributed by atoms with Crippen LogP contribution in [-0.2, 0) is 0 Å². The number of halogens is 1. The highest BCUT2D eigenvalue weighted by Crippen LogP contribution is 2.36. The molecule has 0 aliphatic carbocycles. The second-order valence-electron chi connectivity index (χ2n) is 5.29. The number of allylic oxidation sites excluding steroid dienone is 1. The number of rotatable bonds is 1. The van der Waals surface area contributed by atoms with Crippen molar-refractivity contribution in [2.75, 3.05) is 0 Å². The fourth-order valence-corrected chi connectivity index (χ4v) is 2.67. The summed E-state index contributed by atoms with van der Waals surface area (Å²) in [7, 11) is 0. The SMILES string of the molecule is CC(C)(C)C1=NC(N)SC(c2ccc(Cl)cc2)=C1. The molecule has 1 aromatic rings. The molecule has 0 fully saturated rings. The topological polar surface area (TPSA) is 38.4 Å². The first-order chi connectivity index (χ1) is 8.36. The van der Waals surface area contributed by atoms with E-state index in [0.29, 0.717) is 0 Å². The van der Waals surface area contributed by atoms with Gasteiger partial charge in [0.25, 0.3) is 0 Å². The van der Waals surface area contributed by atoms with Crippen LogP contribution in [0.4, 0.5) is 0 Å². The highest BCUT2D eigenvalue weighted by atomic mass is 35.5. The van der Waals surface area contributed by atoms with E-state index in [4.69, 9.17) is 17.3 Å². The Balaban J connectivity index is 2.37. The molecule has 0 spiro atoms. The van der Waals surface area contributed by atoms with Crippen molar-refractivity contribution in [3.63, 3.8) is 0 Å². The van der Waals surface area contributed by atoms with Gasteiger partial charge in [-0.2, -0.15) is 0 Å². The van der Waals surface area contributed by atoms with Gasteiger partial charge in [-0.3, -0.25) is 4.99 Å². The third-order valence-electron chi connectivity index (χ3n) is 2.68. The van der Waals surface area contributed by atoms with E-state index < -0.39 is 0 Å². The first-order valence-electron chi connectivity index (χ1n) is 5.84. The maximum Gasteiger partial charge on any atom is 0.149 e. The summed E-state index contributed by atoms with van der Waals surface area (Å²) in [5.74, 6) is 0. The molecule has 0 saturated carbocycles. The molecule has 4 heteroatoms. The lowest BCUT2D eigenvalue weighted by atomic mass is 9.89. The van der Waals surface area contributed by atoms with E-state index >= 15 is 0 Å². The molecular formula is C14H17ClN2S. The van der Waals surface area contributed by atoms with Crippen molar-refractivity contribution in [2.45, 2.75) is 26.3 Å². The fourth-order valence-electron chi connectivity index (χ4n) is 1.66. The summed E-state index contributed by atoms with van der Waals surface area (Å²) in [5, 5.41) is 0.745. The Morgan fingerprint density at radius 3 is 2.39 bits per heavy atom. The molecule has 2 rings (SSSR count). The predicted octanol–water partition coefficient (Wildman–Crippen LogP) is 4.16. The van der Waals surface area contributed by atoms with Crippen LogP contribution in [0.25, 0.3) is 4.91 Å².